The van der Waals surface area contributed by atoms with Gasteiger partial charge in [0.1, 0.15) is 0 Å². The maximum absolute atomic E-state index is 10.7. The summed E-state index contributed by atoms with van der Waals surface area (Å²) in [6.45, 7) is 2.00. The fourth-order valence-corrected chi connectivity index (χ4v) is 2.94. The Balaban J connectivity index is 2.05. The lowest BCUT2D eigenvalue weighted by Gasteiger charge is -2.32. The lowest BCUT2D eigenvalue weighted by molar-refractivity contribution is -0.000509. The van der Waals surface area contributed by atoms with E-state index in [1.165, 1.54) is 6.42 Å². The van der Waals surface area contributed by atoms with Crippen molar-refractivity contribution >= 4 is 10.9 Å². The van der Waals surface area contributed by atoms with Crippen molar-refractivity contribution in [1.82, 2.24) is 4.98 Å². The highest BCUT2D eigenvalue weighted by Crippen LogP contribution is 2.37. The Morgan fingerprint density at radius 1 is 1.06 bits per heavy atom. The summed E-state index contributed by atoms with van der Waals surface area (Å²) in [6.07, 6.45) is 5.27. The first-order valence-corrected chi connectivity index (χ1v) is 6.78. The molecule has 94 valence electrons. The van der Waals surface area contributed by atoms with Crippen molar-refractivity contribution in [3.8, 4) is 0 Å². The van der Waals surface area contributed by atoms with Gasteiger partial charge in [0.15, 0.2) is 0 Å². The molecule has 1 aromatic carbocycles. The molecule has 0 atom stereocenters. The molecule has 0 spiro atoms. The molecule has 2 nitrogen and oxygen atoms in total. The largest absolute Gasteiger partial charge is 0.385 e. The Bertz CT molecular complexity index is 570. The molecule has 1 heterocycles. The molecule has 18 heavy (non-hydrogen) atoms. The Hall–Kier alpha value is -1.41. The van der Waals surface area contributed by atoms with Gasteiger partial charge < -0.3 is 5.11 Å². The van der Waals surface area contributed by atoms with Crippen molar-refractivity contribution in [3.63, 3.8) is 0 Å². The molecule has 0 saturated heterocycles. The van der Waals surface area contributed by atoms with Crippen molar-refractivity contribution in [2.45, 2.75) is 44.6 Å². The average molecular weight is 241 g/mol. The number of aliphatic hydroxyl groups is 1. The molecule has 1 saturated carbocycles. The molecule has 0 radical (unpaired) electrons. The molecule has 1 aromatic heterocycles. The zero-order valence-corrected chi connectivity index (χ0v) is 10.8. The minimum Gasteiger partial charge on any atom is -0.385 e. The standard InChI is InChI=1S/C16H19NO/c1-12-5-6-13-11-14(7-8-15(13)17-12)16(18)9-3-2-4-10-16/h5-8,11,18H,2-4,9-10H2,1H3. The molecule has 3 rings (SSSR count). The second kappa shape index (κ2) is 4.36. The van der Waals surface area contributed by atoms with Gasteiger partial charge in [-0.1, -0.05) is 31.4 Å². The van der Waals surface area contributed by atoms with E-state index in [4.69, 9.17) is 0 Å². The monoisotopic (exact) mass is 241 g/mol. The van der Waals surface area contributed by atoms with E-state index in [9.17, 15) is 5.11 Å². The summed E-state index contributed by atoms with van der Waals surface area (Å²) < 4.78 is 0. The molecule has 1 aliphatic carbocycles. The van der Waals surface area contributed by atoms with Crippen LogP contribution in [-0.4, -0.2) is 10.1 Å². The number of hydrogen-bond donors (Lipinski definition) is 1. The van der Waals surface area contributed by atoms with Crippen molar-refractivity contribution in [3.05, 3.63) is 41.6 Å². The zero-order valence-electron chi connectivity index (χ0n) is 10.8. The van der Waals surface area contributed by atoms with Crippen LogP contribution in [0, 0.1) is 6.92 Å². The smallest absolute Gasteiger partial charge is 0.0896 e. The number of aromatic nitrogens is 1. The fourth-order valence-electron chi connectivity index (χ4n) is 2.94. The molecule has 0 unspecified atom stereocenters. The lowest BCUT2D eigenvalue weighted by Crippen LogP contribution is -2.28. The van der Waals surface area contributed by atoms with Gasteiger partial charge in [-0.3, -0.25) is 4.98 Å². The highest BCUT2D eigenvalue weighted by Gasteiger charge is 2.31. The van der Waals surface area contributed by atoms with E-state index < -0.39 is 5.60 Å². The van der Waals surface area contributed by atoms with Gasteiger partial charge in [-0.25, -0.2) is 0 Å². The number of nitrogens with zero attached hydrogens (tertiary/aromatic N) is 1. The summed E-state index contributed by atoms with van der Waals surface area (Å²) in [5.74, 6) is 0. The van der Waals surface area contributed by atoms with E-state index in [1.807, 2.05) is 25.1 Å². The van der Waals surface area contributed by atoms with Gasteiger partial charge in [-0.15, -0.1) is 0 Å². The number of hydrogen-bond acceptors (Lipinski definition) is 2. The van der Waals surface area contributed by atoms with Gasteiger partial charge in [-0.05, 0) is 43.5 Å². The average Bonchev–Trinajstić information content (AvgIpc) is 2.39. The quantitative estimate of drug-likeness (QED) is 0.826. The van der Waals surface area contributed by atoms with Gasteiger partial charge in [-0.2, -0.15) is 0 Å². The van der Waals surface area contributed by atoms with Crippen LogP contribution < -0.4 is 0 Å². The van der Waals surface area contributed by atoms with Crippen LogP contribution in [-0.2, 0) is 5.60 Å². The van der Waals surface area contributed by atoms with Crippen molar-refractivity contribution in [2.24, 2.45) is 0 Å². The predicted octanol–water partition coefficient (Wildman–Crippen LogP) is 3.69. The van der Waals surface area contributed by atoms with E-state index in [0.717, 1.165) is 47.8 Å². The molecule has 1 N–H and O–H groups in total. The van der Waals surface area contributed by atoms with Crippen LogP contribution in [0.2, 0.25) is 0 Å². The van der Waals surface area contributed by atoms with Gasteiger partial charge in [0.25, 0.3) is 0 Å². The van der Waals surface area contributed by atoms with E-state index in [1.54, 1.807) is 0 Å². The molecule has 2 heteroatoms. The summed E-state index contributed by atoms with van der Waals surface area (Å²) >= 11 is 0. The van der Waals surface area contributed by atoms with Gasteiger partial charge in [0.2, 0.25) is 0 Å². The number of pyridine rings is 1. The molecule has 0 bridgehead atoms. The third-order valence-corrected chi connectivity index (χ3v) is 4.05. The molecular weight excluding hydrogens is 222 g/mol. The minimum absolute atomic E-state index is 0.614. The van der Waals surface area contributed by atoms with Crippen LogP contribution in [0.4, 0.5) is 0 Å². The molecule has 1 aliphatic rings. The van der Waals surface area contributed by atoms with Crippen molar-refractivity contribution < 1.29 is 5.11 Å². The first-order chi connectivity index (χ1) is 8.67. The molecule has 0 aliphatic heterocycles. The highest BCUT2D eigenvalue weighted by atomic mass is 16.3. The molecule has 0 amide bonds. The minimum atomic E-state index is -0.614. The second-order valence-electron chi connectivity index (χ2n) is 5.45. The van der Waals surface area contributed by atoms with Gasteiger partial charge in [0.05, 0.1) is 11.1 Å². The van der Waals surface area contributed by atoms with Crippen molar-refractivity contribution in [2.75, 3.05) is 0 Å². The Labute approximate surface area is 108 Å². The highest BCUT2D eigenvalue weighted by molar-refractivity contribution is 5.79. The van der Waals surface area contributed by atoms with E-state index in [-0.39, 0.29) is 0 Å². The van der Waals surface area contributed by atoms with Gasteiger partial charge >= 0.3 is 0 Å². The summed E-state index contributed by atoms with van der Waals surface area (Å²) in [4.78, 5) is 4.50. The van der Waals surface area contributed by atoms with Crippen LogP contribution in [0.5, 0.6) is 0 Å². The normalized spacial score (nSPS) is 19.0. The molecule has 2 aromatic rings. The maximum atomic E-state index is 10.7. The summed E-state index contributed by atoms with van der Waals surface area (Å²) in [5.41, 5.74) is 2.49. The lowest BCUT2D eigenvalue weighted by atomic mass is 9.79. The first kappa shape index (κ1) is 11.7. The predicted molar refractivity (Wildman–Crippen MR) is 73.5 cm³/mol. The second-order valence-corrected chi connectivity index (χ2v) is 5.45. The van der Waals surface area contributed by atoms with Crippen LogP contribution in [0.15, 0.2) is 30.3 Å². The molecule has 1 fully saturated rings. The summed E-state index contributed by atoms with van der Waals surface area (Å²) in [7, 11) is 0. The maximum Gasteiger partial charge on any atom is 0.0896 e. The van der Waals surface area contributed by atoms with Gasteiger partial charge in [0, 0.05) is 11.1 Å². The number of benzene rings is 1. The van der Waals surface area contributed by atoms with Crippen LogP contribution in [0.1, 0.15) is 43.4 Å². The summed E-state index contributed by atoms with van der Waals surface area (Å²) in [6, 6.07) is 10.3. The van der Waals surface area contributed by atoms with E-state index in [2.05, 4.69) is 17.1 Å². The Morgan fingerprint density at radius 2 is 1.83 bits per heavy atom. The van der Waals surface area contributed by atoms with E-state index >= 15 is 0 Å². The van der Waals surface area contributed by atoms with Crippen LogP contribution in [0.3, 0.4) is 0 Å². The first-order valence-electron chi connectivity index (χ1n) is 6.78. The fraction of sp³-hybridized carbons (Fsp3) is 0.438. The Morgan fingerprint density at radius 3 is 2.61 bits per heavy atom. The number of aryl methyl sites for hydroxylation is 1. The topological polar surface area (TPSA) is 33.1 Å². The summed E-state index contributed by atoms with van der Waals surface area (Å²) in [5, 5.41) is 11.9. The van der Waals surface area contributed by atoms with Crippen LogP contribution in [0.25, 0.3) is 10.9 Å². The SMILES string of the molecule is Cc1ccc2cc(C3(O)CCCCC3)ccc2n1. The number of fused-ring (bicyclic) bond motifs is 1. The molecular formula is C16H19NO. The number of rotatable bonds is 1. The van der Waals surface area contributed by atoms with E-state index in [0.29, 0.717) is 0 Å². The Kier molecular flexibility index (Phi) is 2.83. The van der Waals surface area contributed by atoms with Crippen LogP contribution >= 0.6 is 0 Å². The third-order valence-electron chi connectivity index (χ3n) is 4.05. The zero-order chi connectivity index (χ0) is 12.6. The third kappa shape index (κ3) is 2.01. The van der Waals surface area contributed by atoms with Crippen molar-refractivity contribution in [1.29, 1.82) is 0 Å².